The van der Waals surface area contributed by atoms with Crippen molar-refractivity contribution in [2.45, 2.75) is 33.8 Å². The van der Waals surface area contributed by atoms with Crippen LogP contribution in [0.4, 0.5) is 32.1 Å². The third kappa shape index (κ3) is 5.91. The Labute approximate surface area is 174 Å². The predicted molar refractivity (Wildman–Crippen MR) is 116 cm³/mol. The summed E-state index contributed by atoms with van der Waals surface area (Å²) in [5, 5.41) is 8.50. The van der Waals surface area contributed by atoms with Crippen LogP contribution >= 0.6 is 0 Å². The molecule has 2 amide bonds. The number of urea groups is 1. The number of aromatic nitrogens is 2. The van der Waals surface area contributed by atoms with E-state index in [-0.39, 0.29) is 11.9 Å². The highest BCUT2D eigenvalue weighted by atomic mass is 19.1. The third-order valence-corrected chi connectivity index (χ3v) is 4.02. The molecule has 0 bridgehead atoms. The summed E-state index contributed by atoms with van der Waals surface area (Å²) in [6.45, 7) is 7.32. The smallest absolute Gasteiger partial charge is 0.323 e. The average Bonchev–Trinajstić information content (AvgIpc) is 2.65. The lowest BCUT2D eigenvalue weighted by Gasteiger charge is -2.12. The maximum absolute atomic E-state index is 13.6. The van der Waals surface area contributed by atoms with Gasteiger partial charge in [0.1, 0.15) is 17.5 Å². The maximum Gasteiger partial charge on any atom is 0.323 e. The number of hydrogen-bond acceptors (Lipinski definition) is 5. The molecule has 156 valence electrons. The minimum Gasteiger partial charge on any atom is -0.475 e. The monoisotopic (exact) mass is 409 g/mol. The molecule has 3 N–H and O–H groups in total. The van der Waals surface area contributed by atoms with Crippen molar-refractivity contribution in [1.29, 1.82) is 0 Å². The molecular formula is C22H24FN5O2. The Kier molecular flexibility index (Phi) is 6.46. The molecule has 0 aliphatic carbocycles. The molecule has 0 unspecified atom stereocenters. The SMILES string of the molecule is Cc1nc(Nc2ccc(NC(=O)Nc3ccc(C)c(F)c3)cc2)cc(OC(C)C)n1. The van der Waals surface area contributed by atoms with Crippen molar-refractivity contribution >= 4 is 28.9 Å². The van der Waals surface area contributed by atoms with Crippen molar-refractivity contribution in [3.63, 3.8) is 0 Å². The normalized spacial score (nSPS) is 10.6. The molecule has 2 aromatic carbocycles. The van der Waals surface area contributed by atoms with Crippen LogP contribution in [0.3, 0.4) is 0 Å². The first-order valence-electron chi connectivity index (χ1n) is 9.52. The topological polar surface area (TPSA) is 88.2 Å². The van der Waals surface area contributed by atoms with E-state index in [1.165, 1.54) is 6.07 Å². The van der Waals surface area contributed by atoms with Gasteiger partial charge < -0.3 is 20.7 Å². The minimum atomic E-state index is -0.458. The Hall–Kier alpha value is -3.68. The number of carbonyl (C=O) groups is 1. The number of benzene rings is 2. The minimum absolute atomic E-state index is 0.0139. The summed E-state index contributed by atoms with van der Waals surface area (Å²) in [5.41, 5.74) is 2.28. The van der Waals surface area contributed by atoms with Crippen LogP contribution in [0.25, 0.3) is 0 Å². The van der Waals surface area contributed by atoms with Crippen molar-refractivity contribution in [2.75, 3.05) is 16.0 Å². The molecule has 30 heavy (non-hydrogen) atoms. The summed E-state index contributed by atoms with van der Waals surface area (Å²) in [4.78, 5) is 20.7. The van der Waals surface area contributed by atoms with Crippen LogP contribution in [-0.4, -0.2) is 22.1 Å². The van der Waals surface area contributed by atoms with E-state index in [2.05, 4.69) is 25.9 Å². The van der Waals surface area contributed by atoms with E-state index in [1.54, 1.807) is 44.2 Å². The fraction of sp³-hybridized carbons (Fsp3) is 0.227. The lowest BCUT2D eigenvalue weighted by atomic mass is 10.2. The summed E-state index contributed by atoms with van der Waals surface area (Å²) in [7, 11) is 0. The Morgan fingerprint density at radius 3 is 2.23 bits per heavy atom. The van der Waals surface area contributed by atoms with Crippen molar-refractivity contribution < 1.29 is 13.9 Å². The number of nitrogens with one attached hydrogen (secondary N) is 3. The summed E-state index contributed by atoms with van der Waals surface area (Å²) < 4.78 is 19.2. The fourth-order valence-corrected chi connectivity index (χ4v) is 2.66. The van der Waals surface area contributed by atoms with Crippen LogP contribution in [0.2, 0.25) is 0 Å². The van der Waals surface area contributed by atoms with Gasteiger partial charge in [-0.05, 0) is 69.7 Å². The largest absolute Gasteiger partial charge is 0.475 e. The van der Waals surface area contributed by atoms with Crippen molar-refractivity contribution in [2.24, 2.45) is 0 Å². The number of ether oxygens (including phenoxy) is 1. The van der Waals surface area contributed by atoms with Gasteiger partial charge in [-0.25, -0.2) is 14.2 Å². The van der Waals surface area contributed by atoms with E-state index in [0.717, 1.165) is 5.69 Å². The summed E-state index contributed by atoms with van der Waals surface area (Å²) in [6, 6.07) is 12.9. The molecule has 3 rings (SSSR count). The lowest BCUT2D eigenvalue weighted by Crippen LogP contribution is -2.19. The van der Waals surface area contributed by atoms with E-state index in [4.69, 9.17) is 4.74 Å². The highest BCUT2D eigenvalue weighted by molar-refractivity contribution is 5.99. The van der Waals surface area contributed by atoms with E-state index in [1.807, 2.05) is 26.0 Å². The molecule has 0 saturated heterocycles. The van der Waals surface area contributed by atoms with Gasteiger partial charge >= 0.3 is 6.03 Å². The zero-order chi connectivity index (χ0) is 21.7. The lowest BCUT2D eigenvalue weighted by molar-refractivity contribution is 0.232. The molecule has 3 aromatic rings. The summed E-state index contributed by atoms with van der Waals surface area (Å²) in [5.74, 6) is 1.34. The zero-order valence-electron chi connectivity index (χ0n) is 17.3. The molecule has 1 heterocycles. The van der Waals surface area contributed by atoms with Gasteiger partial charge in [0.05, 0.1) is 6.10 Å². The number of rotatable bonds is 6. The summed E-state index contributed by atoms with van der Waals surface area (Å²) >= 11 is 0. The van der Waals surface area contributed by atoms with Gasteiger partial charge in [0, 0.05) is 23.1 Å². The van der Waals surface area contributed by atoms with Gasteiger partial charge in [-0.3, -0.25) is 0 Å². The summed E-state index contributed by atoms with van der Waals surface area (Å²) in [6.07, 6.45) is 0.0139. The number of aryl methyl sites for hydroxylation is 2. The zero-order valence-corrected chi connectivity index (χ0v) is 17.3. The molecular weight excluding hydrogens is 385 g/mol. The molecule has 0 aliphatic rings. The molecule has 7 nitrogen and oxygen atoms in total. The molecule has 0 atom stereocenters. The first kappa shape index (κ1) is 21.0. The van der Waals surface area contributed by atoms with Gasteiger partial charge in [-0.1, -0.05) is 6.07 Å². The molecule has 0 radical (unpaired) electrons. The average molecular weight is 409 g/mol. The van der Waals surface area contributed by atoms with Crippen LogP contribution in [0.5, 0.6) is 5.88 Å². The third-order valence-electron chi connectivity index (χ3n) is 4.02. The Balaban J connectivity index is 1.61. The predicted octanol–water partition coefficient (Wildman–Crippen LogP) is 5.41. The van der Waals surface area contributed by atoms with Gasteiger partial charge in [0.15, 0.2) is 0 Å². The van der Waals surface area contributed by atoms with Crippen LogP contribution in [0.15, 0.2) is 48.5 Å². The van der Waals surface area contributed by atoms with Crippen LogP contribution < -0.4 is 20.7 Å². The molecule has 0 aliphatic heterocycles. The molecule has 0 spiro atoms. The van der Waals surface area contributed by atoms with Crippen molar-refractivity contribution in [3.8, 4) is 5.88 Å². The van der Waals surface area contributed by atoms with E-state index in [9.17, 15) is 9.18 Å². The van der Waals surface area contributed by atoms with Gasteiger partial charge in [0.25, 0.3) is 0 Å². The van der Waals surface area contributed by atoms with E-state index in [0.29, 0.717) is 34.5 Å². The quantitative estimate of drug-likeness (QED) is 0.507. The van der Waals surface area contributed by atoms with E-state index >= 15 is 0 Å². The first-order chi connectivity index (χ1) is 14.3. The number of halogens is 1. The van der Waals surface area contributed by atoms with Crippen LogP contribution in [0.1, 0.15) is 25.2 Å². The van der Waals surface area contributed by atoms with Crippen LogP contribution in [-0.2, 0) is 0 Å². The van der Waals surface area contributed by atoms with Crippen molar-refractivity contribution in [3.05, 3.63) is 65.7 Å². The molecule has 1 aromatic heterocycles. The highest BCUT2D eigenvalue weighted by Crippen LogP contribution is 2.21. The number of anilines is 4. The van der Waals surface area contributed by atoms with Gasteiger partial charge in [0.2, 0.25) is 5.88 Å². The number of amides is 2. The Morgan fingerprint density at radius 1 is 0.933 bits per heavy atom. The molecule has 0 saturated carbocycles. The Bertz CT molecular complexity index is 1040. The number of carbonyl (C=O) groups excluding carboxylic acids is 1. The standard InChI is InChI=1S/C22H24FN5O2/c1-13(2)30-21-12-20(24-15(4)25-21)26-16-7-9-17(10-8-16)27-22(29)28-18-6-5-14(3)19(23)11-18/h5-13H,1-4H3,(H,24,25,26)(H2,27,28,29). The Morgan fingerprint density at radius 2 is 1.57 bits per heavy atom. The first-order valence-corrected chi connectivity index (χ1v) is 9.52. The molecule has 0 fully saturated rings. The number of hydrogen-bond donors (Lipinski definition) is 3. The fourth-order valence-electron chi connectivity index (χ4n) is 2.66. The molecule has 8 heteroatoms. The second-order valence-electron chi connectivity index (χ2n) is 7.05. The number of nitrogens with zero attached hydrogens (tertiary/aromatic N) is 2. The van der Waals surface area contributed by atoms with Gasteiger partial charge in [-0.15, -0.1) is 0 Å². The second-order valence-corrected chi connectivity index (χ2v) is 7.05. The van der Waals surface area contributed by atoms with Crippen molar-refractivity contribution in [1.82, 2.24) is 9.97 Å². The second kappa shape index (κ2) is 9.21. The maximum atomic E-state index is 13.6. The highest BCUT2D eigenvalue weighted by Gasteiger charge is 2.07. The van der Waals surface area contributed by atoms with Crippen LogP contribution in [0, 0.1) is 19.7 Å². The van der Waals surface area contributed by atoms with Gasteiger partial charge in [-0.2, -0.15) is 4.98 Å². The van der Waals surface area contributed by atoms with E-state index < -0.39 is 6.03 Å².